The van der Waals surface area contributed by atoms with E-state index in [0.29, 0.717) is 29.4 Å². The molecule has 1 fully saturated rings. The summed E-state index contributed by atoms with van der Waals surface area (Å²) in [4.78, 5) is 14.3. The molecular weight excluding hydrogens is 317 g/mol. The summed E-state index contributed by atoms with van der Waals surface area (Å²) in [6.45, 7) is 1.24. The van der Waals surface area contributed by atoms with Crippen molar-refractivity contribution in [3.05, 3.63) is 64.9 Å². The van der Waals surface area contributed by atoms with E-state index in [1.807, 2.05) is 12.1 Å². The molecule has 0 aliphatic carbocycles. The van der Waals surface area contributed by atoms with E-state index in [4.69, 9.17) is 16.3 Å². The first kappa shape index (κ1) is 15.8. The zero-order valence-corrected chi connectivity index (χ0v) is 13.3. The molecule has 2 aromatic carbocycles. The van der Waals surface area contributed by atoms with Gasteiger partial charge in [-0.15, -0.1) is 0 Å². The van der Waals surface area contributed by atoms with Crippen LogP contribution in [0.25, 0.3) is 0 Å². The highest BCUT2D eigenvalue weighted by atomic mass is 35.5. The monoisotopic (exact) mass is 333 g/mol. The molecule has 1 saturated heterocycles. The van der Waals surface area contributed by atoms with E-state index in [2.05, 4.69) is 0 Å². The number of hydrogen-bond acceptors (Lipinski definition) is 2. The number of ether oxygens (including phenoxy) is 1. The van der Waals surface area contributed by atoms with Gasteiger partial charge in [-0.1, -0.05) is 23.7 Å². The minimum Gasteiger partial charge on any atom is -0.490 e. The standard InChI is InChI=1S/C18H17ClFNO2/c19-17-4-2-1-3-16(17)18(22)21-11-9-15(10-12-21)23-14-7-5-13(20)6-8-14/h1-8,15H,9-12H2. The van der Waals surface area contributed by atoms with Crippen LogP contribution in [0.15, 0.2) is 48.5 Å². The Bertz CT molecular complexity index is 682. The second-order valence-electron chi connectivity index (χ2n) is 5.54. The van der Waals surface area contributed by atoms with E-state index >= 15 is 0 Å². The maximum absolute atomic E-state index is 12.9. The lowest BCUT2D eigenvalue weighted by atomic mass is 10.1. The fourth-order valence-corrected chi connectivity index (χ4v) is 2.90. The van der Waals surface area contributed by atoms with E-state index in [1.54, 1.807) is 29.2 Å². The Morgan fingerprint density at radius 1 is 1.09 bits per heavy atom. The van der Waals surface area contributed by atoms with Gasteiger partial charge in [0, 0.05) is 25.9 Å². The second kappa shape index (κ2) is 7.01. The van der Waals surface area contributed by atoms with Crippen molar-refractivity contribution in [3.63, 3.8) is 0 Å². The van der Waals surface area contributed by atoms with Gasteiger partial charge in [0.05, 0.1) is 10.6 Å². The highest BCUT2D eigenvalue weighted by Crippen LogP contribution is 2.22. The first-order valence-corrected chi connectivity index (χ1v) is 7.97. The first-order chi connectivity index (χ1) is 11.1. The predicted octanol–water partition coefficient (Wildman–Crippen LogP) is 4.16. The summed E-state index contributed by atoms with van der Waals surface area (Å²) < 4.78 is 18.7. The van der Waals surface area contributed by atoms with Gasteiger partial charge < -0.3 is 9.64 Å². The van der Waals surface area contributed by atoms with E-state index in [0.717, 1.165) is 12.8 Å². The number of rotatable bonds is 3. The van der Waals surface area contributed by atoms with Crippen LogP contribution in [-0.2, 0) is 0 Å². The maximum Gasteiger partial charge on any atom is 0.255 e. The Labute approximate surface area is 139 Å². The quantitative estimate of drug-likeness (QED) is 0.844. The molecule has 5 heteroatoms. The molecule has 23 heavy (non-hydrogen) atoms. The minimum absolute atomic E-state index is 0.0377. The number of halogens is 2. The highest BCUT2D eigenvalue weighted by molar-refractivity contribution is 6.33. The average molecular weight is 334 g/mol. The minimum atomic E-state index is -0.280. The molecule has 1 amide bonds. The molecule has 3 rings (SSSR count). The van der Waals surface area contributed by atoms with Crippen molar-refractivity contribution >= 4 is 17.5 Å². The van der Waals surface area contributed by atoms with Crippen LogP contribution in [0.2, 0.25) is 5.02 Å². The Kier molecular flexibility index (Phi) is 4.82. The number of nitrogens with zero attached hydrogens (tertiary/aromatic N) is 1. The van der Waals surface area contributed by atoms with E-state index < -0.39 is 0 Å². The van der Waals surface area contributed by atoms with Gasteiger partial charge >= 0.3 is 0 Å². The number of benzene rings is 2. The van der Waals surface area contributed by atoms with Crippen LogP contribution < -0.4 is 4.74 Å². The molecule has 0 atom stereocenters. The molecule has 1 heterocycles. The fourth-order valence-electron chi connectivity index (χ4n) is 2.69. The summed E-state index contributed by atoms with van der Waals surface area (Å²) in [5.41, 5.74) is 0.534. The van der Waals surface area contributed by atoms with Gasteiger partial charge in [-0.2, -0.15) is 0 Å². The summed E-state index contributed by atoms with van der Waals surface area (Å²) in [6.07, 6.45) is 1.52. The third-order valence-corrected chi connectivity index (χ3v) is 4.28. The van der Waals surface area contributed by atoms with Crippen molar-refractivity contribution < 1.29 is 13.9 Å². The van der Waals surface area contributed by atoms with Crippen molar-refractivity contribution in [1.82, 2.24) is 4.90 Å². The Morgan fingerprint density at radius 3 is 2.39 bits per heavy atom. The van der Waals surface area contributed by atoms with Gasteiger partial charge in [0.15, 0.2) is 0 Å². The third-order valence-electron chi connectivity index (χ3n) is 3.95. The van der Waals surface area contributed by atoms with Gasteiger partial charge in [-0.25, -0.2) is 4.39 Å². The lowest BCUT2D eigenvalue weighted by Crippen LogP contribution is -2.41. The molecule has 0 unspecified atom stereocenters. The number of hydrogen-bond donors (Lipinski definition) is 0. The molecule has 0 bridgehead atoms. The molecule has 0 spiro atoms. The smallest absolute Gasteiger partial charge is 0.255 e. The second-order valence-corrected chi connectivity index (χ2v) is 5.95. The lowest BCUT2D eigenvalue weighted by molar-refractivity contribution is 0.0595. The largest absolute Gasteiger partial charge is 0.490 e. The van der Waals surface area contributed by atoms with Gasteiger partial charge in [-0.3, -0.25) is 4.79 Å². The number of carbonyl (C=O) groups excluding carboxylic acids is 1. The van der Waals surface area contributed by atoms with Gasteiger partial charge in [0.2, 0.25) is 0 Å². The van der Waals surface area contributed by atoms with E-state index in [9.17, 15) is 9.18 Å². The molecule has 2 aromatic rings. The predicted molar refractivity (Wildman–Crippen MR) is 87.4 cm³/mol. The molecule has 3 nitrogen and oxygen atoms in total. The number of likely N-dealkylation sites (tertiary alicyclic amines) is 1. The topological polar surface area (TPSA) is 29.5 Å². The molecule has 0 saturated carbocycles. The molecule has 0 radical (unpaired) electrons. The van der Waals surface area contributed by atoms with Gasteiger partial charge in [0.25, 0.3) is 5.91 Å². The molecule has 120 valence electrons. The Balaban J connectivity index is 1.57. The van der Waals surface area contributed by atoms with Crippen molar-refractivity contribution in [1.29, 1.82) is 0 Å². The van der Waals surface area contributed by atoms with E-state index in [1.165, 1.54) is 12.1 Å². The van der Waals surface area contributed by atoms with Crippen LogP contribution in [-0.4, -0.2) is 30.0 Å². The van der Waals surface area contributed by atoms with Gasteiger partial charge in [-0.05, 0) is 36.4 Å². The normalized spacial score (nSPS) is 15.5. The van der Waals surface area contributed by atoms with Gasteiger partial charge in [0.1, 0.15) is 17.7 Å². The zero-order valence-electron chi connectivity index (χ0n) is 12.5. The SMILES string of the molecule is O=C(c1ccccc1Cl)N1CCC(Oc2ccc(F)cc2)CC1. The van der Waals surface area contributed by atoms with Crippen molar-refractivity contribution in [3.8, 4) is 5.75 Å². The van der Waals surface area contributed by atoms with Crippen LogP contribution in [0.1, 0.15) is 23.2 Å². The van der Waals surface area contributed by atoms with E-state index in [-0.39, 0.29) is 17.8 Å². The third kappa shape index (κ3) is 3.82. The Morgan fingerprint density at radius 2 is 1.74 bits per heavy atom. The summed E-state index contributed by atoms with van der Waals surface area (Å²) in [5.74, 6) is 0.329. The van der Waals surface area contributed by atoms with Crippen molar-refractivity contribution in [2.75, 3.05) is 13.1 Å². The van der Waals surface area contributed by atoms with Crippen LogP contribution >= 0.6 is 11.6 Å². The summed E-state index contributed by atoms with van der Waals surface area (Å²) >= 11 is 6.08. The van der Waals surface area contributed by atoms with Crippen LogP contribution in [0.5, 0.6) is 5.75 Å². The molecular formula is C18H17ClFNO2. The summed E-state index contributed by atoms with van der Waals surface area (Å²) in [6, 6.07) is 13.1. The number of piperidine rings is 1. The fraction of sp³-hybridized carbons (Fsp3) is 0.278. The zero-order chi connectivity index (χ0) is 16.2. The molecule has 1 aliphatic heterocycles. The average Bonchev–Trinajstić information content (AvgIpc) is 2.57. The van der Waals surface area contributed by atoms with Crippen LogP contribution in [0.3, 0.4) is 0 Å². The number of amides is 1. The van der Waals surface area contributed by atoms with Crippen LogP contribution in [0, 0.1) is 5.82 Å². The Hall–Kier alpha value is -2.07. The highest BCUT2D eigenvalue weighted by Gasteiger charge is 2.25. The molecule has 0 aromatic heterocycles. The van der Waals surface area contributed by atoms with Crippen LogP contribution in [0.4, 0.5) is 4.39 Å². The maximum atomic E-state index is 12.9. The molecule has 1 aliphatic rings. The van der Waals surface area contributed by atoms with Crippen molar-refractivity contribution in [2.24, 2.45) is 0 Å². The lowest BCUT2D eigenvalue weighted by Gasteiger charge is -2.32. The van der Waals surface area contributed by atoms with Crippen molar-refractivity contribution in [2.45, 2.75) is 18.9 Å². The number of carbonyl (C=O) groups is 1. The summed E-state index contributed by atoms with van der Waals surface area (Å²) in [5, 5.41) is 0.474. The first-order valence-electron chi connectivity index (χ1n) is 7.59. The molecule has 0 N–H and O–H groups in total. The summed E-state index contributed by atoms with van der Waals surface area (Å²) in [7, 11) is 0.